The van der Waals surface area contributed by atoms with Crippen molar-refractivity contribution in [2.45, 2.75) is 0 Å². The Morgan fingerprint density at radius 1 is 1.62 bits per heavy atom. The number of hydrogen-bond acceptors (Lipinski definition) is 5. The molecule has 1 aromatic carbocycles. The third kappa shape index (κ3) is 3.25. The Balaban J connectivity index is 2.70. The predicted molar refractivity (Wildman–Crippen MR) is 57.5 cm³/mol. The van der Waals surface area contributed by atoms with Crippen molar-refractivity contribution in [3.05, 3.63) is 23.8 Å². The Labute approximate surface area is 92.2 Å². The SMILES string of the molecule is COc1cc(/C=N\NC(=O)CO)ccc1O. The molecular weight excluding hydrogens is 212 g/mol. The summed E-state index contributed by atoms with van der Waals surface area (Å²) >= 11 is 0. The summed E-state index contributed by atoms with van der Waals surface area (Å²) in [4.78, 5) is 10.6. The molecule has 86 valence electrons. The number of amides is 1. The Hall–Kier alpha value is -2.08. The molecule has 0 saturated carbocycles. The fourth-order valence-electron chi connectivity index (χ4n) is 0.989. The van der Waals surface area contributed by atoms with Crippen molar-refractivity contribution in [2.75, 3.05) is 13.7 Å². The number of aliphatic hydroxyl groups is 1. The summed E-state index contributed by atoms with van der Waals surface area (Å²) in [7, 11) is 1.43. The molecule has 0 atom stereocenters. The fraction of sp³-hybridized carbons (Fsp3) is 0.200. The molecule has 0 aliphatic carbocycles. The first-order chi connectivity index (χ1) is 7.67. The number of ether oxygens (including phenoxy) is 1. The highest BCUT2D eigenvalue weighted by molar-refractivity contribution is 5.83. The lowest BCUT2D eigenvalue weighted by Gasteiger charge is -2.03. The zero-order chi connectivity index (χ0) is 12.0. The third-order valence-corrected chi connectivity index (χ3v) is 1.75. The average molecular weight is 224 g/mol. The molecule has 6 heteroatoms. The lowest BCUT2D eigenvalue weighted by atomic mass is 10.2. The maximum absolute atomic E-state index is 10.6. The van der Waals surface area contributed by atoms with E-state index in [1.54, 1.807) is 12.1 Å². The number of rotatable bonds is 4. The lowest BCUT2D eigenvalue weighted by molar-refractivity contribution is -0.123. The van der Waals surface area contributed by atoms with Crippen LogP contribution in [0.5, 0.6) is 11.5 Å². The van der Waals surface area contributed by atoms with Crippen molar-refractivity contribution in [2.24, 2.45) is 5.10 Å². The van der Waals surface area contributed by atoms with E-state index < -0.39 is 12.5 Å². The number of phenolic OH excluding ortho intramolecular Hbond substituents is 1. The molecule has 1 rings (SSSR count). The molecule has 1 aromatic rings. The van der Waals surface area contributed by atoms with E-state index >= 15 is 0 Å². The van der Waals surface area contributed by atoms with Crippen LogP contribution >= 0.6 is 0 Å². The highest BCUT2D eigenvalue weighted by Gasteiger charge is 2.00. The van der Waals surface area contributed by atoms with Gasteiger partial charge in [-0.05, 0) is 23.8 Å². The van der Waals surface area contributed by atoms with E-state index in [0.717, 1.165) is 0 Å². The number of methoxy groups -OCH3 is 1. The molecular formula is C10H12N2O4. The molecule has 0 radical (unpaired) electrons. The molecule has 0 fully saturated rings. The average Bonchev–Trinajstić information content (AvgIpc) is 2.31. The van der Waals surface area contributed by atoms with Gasteiger partial charge < -0.3 is 14.9 Å². The number of nitrogens with zero attached hydrogens (tertiary/aromatic N) is 1. The monoisotopic (exact) mass is 224 g/mol. The van der Waals surface area contributed by atoms with Gasteiger partial charge in [-0.15, -0.1) is 0 Å². The molecule has 3 N–H and O–H groups in total. The summed E-state index contributed by atoms with van der Waals surface area (Å²) in [5.74, 6) is -0.251. The van der Waals surface area contributed by atoms with Gasteiger partial charge in [0.05, 0.1) is 13.3 Å². The molecule has 6 nitrogen and oxygen atoms in total. The Kier molecular flexibility index (Phi) is 4.28. The topological polar surface area (TPSA) is 91.2 Å². The van der Waals surface area contributed by atoms with Crippen molar-refractivity contribution in [3.8, 4) is 11.5 Å². The van der Waals surface area contributed by atoms with Gasteiger partial charge in [0.25, 0.3) is 5.91 Å². The van der Waals surface area contributed by atoms with E-state index in [9.17, 15) is 9.90 Å². The van der Waals surface area contributed by atoms with Crippen LogP contribution < -0.4 is 10.2 Å². The van der Waals surface area contributed by atoms with Gasteiger partial charge in [-0.2, -0.15) is 5.10 Å². The van der Waals surface area contributed by atoms with E-state index in [2.05, 4.69) is 10.5 Å². The van der Waals surface area contributed by atoms with Gasteiger partial charge in [0.15, 0.2) is 11.5 Å². The van der Waals surface area contributed by atoms with E-state index in [0.29, 0.717) is 11.3 Å². The lowest BCUT2D eigenvalue weighted by Crippen LogP contribution is -2.20. The molecule has 0 spiro atoms. The number of hydrazone groups is 1. The van der Waals surface area contributed by atoms with Crippen LogP contribution in [0, 0.1) is 0 Å². The van der Waals surface area contributed by atoms with Crippen LogP contribution in [0.25, 0.3) is 0 Å². The molecule has 1 amide bonds. The highest BCUT2D eigenvalue weighted by Crippen LogP contribution is 2.25. The maximum Gasteiger partial charge on any atom is 0.265 e. The molecule has 0 saturated heterocycles. The Morgan fingerprint density at radius 2 is 2.38 bits per heavy atom. The summed E-state index contributed by atoms with van der Waals surface area (Å²) in [5, 5.41) is 21.3. The van der Waals surface area contributed by atoms with Gasteiger partial charge in [-0.1, -0.05) is 0 Å². The summed E-state index contributed by atoms with van der Waals surface area (Å²) < 4.78 is 4.90. The van der Waals surface area contributed by atoms with E-state index in [1.165, 1.54) is 19.4 Å². The van der Waals surface area contributed by atoms with E-state index in [4.69, 9.17) is 9.84 Å². The van der Waals surface area contributed by atoms with E-state index in [-0.39, 0.29) is 5.75 Å². The van der Waals surface area contributed by atoms with Crippen LogP contribution in [0.3, 0.4) is 0 Å². The van der Waals surface area contributed by atoms with Crippen LogP contribution in [-0.2, 0) is 4.79 Å². The van der Waals surface area contributed by atoms with Gasteiger partial charge in [0, 0.05) is 0 Å². The van der Waals surface area contributed by atoms with Crippen LogP contribution in [0.2, 0.25) is 0 Å². The summed E-state index contributed by atoms with van der Waals surface area (Å²) in [6.45, 7) is -0.615. The third-order valence-electron chi connectivity index (χ3n) is 1.75. The van der Waals surface area contributed by atoms with Gasteiger partial charge in [-0.25, -0.2) is 5.43 Å². The van der Waals surface area contributed by atoms with Crippen molar-refractivity contribution >= 4 is 12.1 Å². The largest absolute Gasteiger partial charge is 0.504 e. The summed E-state index contributed by atoms with van der Waals surface area (Å²) in [5.41, 5.74) is 2.76. The number of benzene rings is 1. The normalized spacial score (nSPS) is 10.4. The van der Waals surface area contributed by atoms with Crippen molar-refractivity contribution in [3.63, 3.8) is 0 Å². The van der Waals surface area contributed by atoms with Gasteiger partial charge in [-0.3, -0.25) is 4.79 Å². The standard InChI is InChI=1S/C10H12N2O4/c1-16-9-4-7(2-3-8(9)14)5-11-12-10(15)6-13/h2-5,13-14H,6H2,1H3,(H,12,15)/b11-5-. The summed E-state index contributed by atoms with van der Waals surface area (Å²) in [6, 6.07) is 4.62. The van der Waals surface area contributed by atoms with Crippen molar-refractivity contribution < 1.29 is 19.7 Å². The fourth-order valence-corrected chi connectivity index (χ4v) is 0.989. The molecule has 16 heavy (non-hydrogen) atoms. The second kappa shape index (κ2) is 5.72. The zero-order valence-corrected chi connectivity index (χ0v) is 8.67. The highest BCUT2D eigenvalue weighted by atomic mass is 16.5. The number of phenols is 1. The molecule has 0 heterocycles. The molecule has 0 bridgehead atoms. The molecule has 0 aliphatic rings. The summed E-state index contributed by atoms with van der Waals surface area (Å²) in [6.07, 6.45) is 1.37. The number of hydrogen-bond donors (Lipinski definition) is 3. The van der Waals surface area contributed by atoms with Gasteiger partial charge in [0.1, 0.15) is 6.61 Å². The second-order valence-electron chi connectivity index (χ2n) is 2.88. The minimum atomic E-state index is -0.615. The Morgan fingerprint density at radius 3 is 3.00 bits per heavy atom. The predicted octanol–water partition coefficient (Wildman–Crippen LogP) is -0.157. The van der Waals surface area contributed by atoms with Crippen LogP contribution in [0.4, 0.5) is 0 Å². The number of aromatic hydroxyl groups is 1. The van der Waals surface area contributed by atoms with Gasteiger partial charge >= 0.3 is 0 Å². The first-order valence-electron chi connectivity index (χ1n) is 4.47. The smallest absolute Gasteiger partial charge is 0.265 e. The van der Waals surface area contributed by atoms with Crippen molar-refractivity contribution in [1.82, 2.24) is 5.43 Å². The number of aliphatic hydroxyl groups excluding tert-OH is 1. The number of carbonyl (C=O) groups is 1. The van der Waals surface area contributed by atoms with Crippen molar-refractivity contribution in [1.29, 1.82) is 0 Å². The maximum atomic E-state index is 10.6. The molecule has 0 aromatic heterocycles. The van der Waals surface area contributed by atoms with E-state index in [1.807, 2.05) is 0 Å². The van der Waals surface area contributed by atoms with Gasteiger partial charge in [0.2, 0.25) is 0 Å². The minimum absolute atomic E-state index is 0.0269. The second-order valence-corrected chi connectivity index (χ2v) is 2.88. The molecule has 0 aliphatic heterocycles. The quantitative estimate of drug-likeness (QED) is 0.489. The van der Waals surface area contributed by atoms with Crippen LogP contribution in [0.15, 0.2) is 23.3 Å². The van der Waals surface area contributed by atoms with Crippen LogP contribution in [0.1, 0.15) is 5.56 Å². The molecule has 0 unspecified atom stereocenters. The Bertz CT molecular complexity index is 404. The minimum Gasteiger partial charge on any atom is -0.504 e. The first kappa shape index (κ1) is 12.0. The number of carbonyl (C=O) groups excluding carboxylic acids is 1. The zero-order valence-electron chi connectivity index (χ0n) is 8.67. The number of nitrogens with one attached hydrogen (secondary N) is 1. The first-order valence-corrected chi connectivity index (χ1v) is 4.47. The van der Waals surface area contributed by atoms with Crippen LogP contribution in [-0.4, -0.2) is 36.1 Å².